The van der Waals surface area contributed by atoms with Crippen molar-refractivity contribution in [2.24, 2.45) is 0 Å². The molecule has 0 amide bonds. The highest BCUT2D eigenvalue weighted by atomic mass is 79.9. The van der Waals surface area contributed by atoms with E-state index in [1.807, 2.05) is 12.1 Å². The first-order chi connectivity index (χ1) is 4.86. The second-order valence-electron chi connectivity index (χ2n) is 1.83. The van der Waals surface area contributed by atoms with E-state index in [0.717, 1.165) is 10.1 Å². The van der Waals surface area contributed by atoms with Crippen LogP contribution in [0.1, 0.15) is 0 Å². The number of hydrogen-bond acceptors (Lipinski definition) is 3. The SMILES string of the molecule is Brc1ccc2nnnn2c1. The van der Waals surface area contributed by atoms with Crippen molar-refractivity contribution < 1.29 is 0 Å². The van der Waals surface area contributed by atoms with Crippen LogP contribution in [0.5, 0.6) is 0 Å². The molecule has 0 aliphatic heterocycles. The second-order valence-corrected chi connectivity index (χ2v) is 2.74. The van der Waals surface area contributed by atoms with Crippen molar-refractivity contribution in [2.45, 2.75) is 0 Å². The number of tetrazole rings is 1. The molecule has 0 saturated heterocycles. The van der Waals surface area contributed by atoms with E-state index < -0.39 is 0 Å². The highest BCUT2D eigenvalue weighted by molar-refractivity contribution is 9.10. The molecular formula is C5H3BrN4. The summed E-state index contributed by atoms with van der Waals surface area (Å²) < 4.78 is 2.57. The molecule has 2 heterocycles. The van der Waals surface area contributed by atoms with Gasteiger partial charge in [0.1, 0.15) is 0 Å². The summed E-state index contributed by atoms with van der Waals surface area (Å²) in [5.41, 5.74) is 0.753. The summed E-state index contributed by atoms with van der Waals surface area (Å²) in [6.45, 7) is 0. The Bertz CT molecular complexity index is 355. The third-order valence-corrected chi connectivity index (χ3v) is 1.62. The van der Waals surface area contributed by atoms with E-state index in [1.165, 1.54) is 0 Å². The zero-order valence-corrected chi connectivity index (χ0v) is 6.48. The minimum atomic E-state index is 0.753. The summed E-state index contributed by atoms with van der Waals surface area (Å²) in [7, 11) is 0. The fourth-order valence-corrected chi connectivity index (χ4v) is 1.04. The lowest BCUT2D eigenvalue weighted by atomic mass is 10.5. The van der Waals surface area contributed by atoms with Crippen LogP contribution in [-0.4, -0.2) is 20.0 Å². The fraction of sp³-hybridized carbons (Fsp3) is 0. The van der Waals surface area contributed by atoms with Crippen LogP contribution < -0.4 is 0 Å². The van der Waals surface area contributed by atoms with Crippen molar-refractivity contribution in [3.05, 3.63) is 22.8 Å². The predicted octanol–water partition coefficient (Wildman–Crippen LogP) is 0.887. The molecule has 0 aromatic carbocycles. The van der Waals surface area contributed by atoms with E-state index in [9.17, 15) is 0 Å². The Morgan fingerprint density at radius 3 is 3.20 bits per heavy atom. The van der Waals surface area contributed by atoms with Crippen molar-refractivity contribution in [1.29, 1.82) is 0 Å². The van der Waals surface area contributed by atoms with Gasteiger partial charge in [-0.05, 0) is 38.5 Å². The van der Waals surface area contributed by atoms with Crippen LogP contribution >= 0.6 is 15.9 Å². The normalized spacial score (nSPS) is 10.5. The summed E-state index contributed by atoms with van der Waals surface area (Å²) in [6, 6.07) is 3.73. The Morgan fingerprint density at radius 2 is 2.30 bits per heavy atom. The quantitative estimate of drug-likeness (QED) is 0.632. The van der Waals surface area contributed by atoms with Crippen LogP contribution in [0.2, 0.25) is 0 Å². The van der Waals surface area contributed by atoms with Crippen LogP contribution in [0.4, 0.5) is 0 Å². The molecule has 2 aromatic heterocycles. The molecule has 0 atom stereocenters. The van der Waals surface area contributed by atoms with E-state index in [4.69, 9.17) is 0 Å². The van der Waals surface area contributed by atoms with E-state index in [-0.39, 0.29) is 0 Å². The van der Waals surface area contributed by atoms with Crippen LogP contribution in [0.15, 0.2) is 22.8 Å². The van der Waals surface area contributed by atoms with Gasteiger partial charge in [0.05, 0.1) is 0 Å². The summed E-state index contributed by atoms with van der Waals surface area (Å²) in [5, 5.41) is 10.9. The second kappa shape index (κ2) is 2.02. The molecule has 0 saturated carbocycles. The third-order valence-electron chi connectivity index (χ3n) is 1.16. The lowest BCUT2D eigenvalue weighted by molar-refractivity contribution is 0.821. The predicted molar refractivity (Wildman–Crippen MR) is 38.5 cm³/mol. The molecule has 0 fully saturated rings. The Morgan fingerprint density at radius 1 is 1.40 bits per heavy atom. The van der Waals surface area contributed by atoms with Gasteiger partial charge in [0.25, 0.3) is 0 Å². The smallest absolute Gasteiger partial charge is 0.179 e. The molecule has 0 bridgehead atoms. The van der Waals surface area contributed by atoms with E-state index in [1.54, 1.807) is 10.7 Å². The van der Waals surface area contributed by atoms with Gasteiger partial charge < -0.3 is 0 Å². The molecule has 50 valence electrons. The zero-order chi connectivity index (χ0) is 6.97. The molecule has 0 radical (unpaired) electrons. The molecule has 0 N–H and O–H groups in total. The van der Waals surface area contributed by atoms with Gasteiger partial charge >= 0.3 is 0 Å². The standard InChI is InChI=1S/C5H3BrN4/c6-4-1-2-5-7-8-9-10(5)3-4/h1-3H. The van der Waals surface area contributed by atoms with Crippen LogP contribution in [-0.2, 0) is 0 Å². The van der Waals surface area contributed by atoms with E-state index >= 15 is 0 Å². The Kier molecular flexibility index (Phi) is 1.17. The largest absolute Gasteiger partial charge is 0.200 e. The number of nitrogens with zero attached hydrogens (tertiary/aromatic N) is 4. The highest BCUT2D eigenvalue weighted by Crippen LogP contribution is 2.08. The number of halogens is 1. The topological polar surface area (TPSA) is 43.1 Å². The average molecular weight is 199 g/mol. The Hall–Kier alpha value is -0.970. The van der Waals surface area contributed by atoms with Crippen molar-refractivity contribution in [1.82, 2.24) is 20.0 Å². The maximum Gasteiger partial charge on any atom is 0.179 e. The van der Waals surface area contributed by atoms with Crippen molar-refractivity contribution in [2.75, 3.05) is 0 Å². The molecule has 5 heteroatoms. The first-order valence-electron chi connectivity index (χ1n) is 2.69. The maximum atomic E-state index is 3.74. The van der Waals surface area contributed by atoms with Gasteiger partial charge in [0.2, 0.25) is 0 Å². The lowest BCUT2D eigenvalue weighted by Crippen LogP contribution is -1.85. The van der Waals surface area contributed by atoms with Gasteiger partial charge in [-0.15, -0.1) is 5.10 Å². The number of pyridine rings is 1. The number of rotatable bonds is 0. The minimum absolute atomic E-state index is 0.753. The summed E-state index contributed by atoms with van der Waals surface area (Å²) >= 11 is 3.30. The van der Waals surface area contributed by atoms with Crippen molar-refractivity contribution in [3.63, 3.8) is 0 Å². The number of hydrogen-bond donors (Lipinski definition) is 0. The van der Waals surface area contributed by atoms with Gasteiger partial charge in [-0.25, -0.2) is 0 Å². The highest BCUT2D eigenvalue weighted by Gasteiger charge is 1.93. The molecule has 0 aliphatic carbocycles. The fourth-order valence-electron chi connectivity index (χ4n) is 0.716. The first kappa shape index (κ1) is 5.79. The van der Waals surface area contributed by atoms with Crippen molar-refractivity contribution >= 4 is 21.6 Å². The van der Waals surface area contributed by atoms with Crippen LogP contribution in [0.25, 0.3) is 5.65 Å². The van der Waals surface area contributed by atoms with Crippen LogP contribution in [0.3, 0.4) is 0 Å². The summed E-state index contributed by atoms with van der Waals surface area (Å²) in [5.74, 6) is 0. The molecule has 4 nitrogen and oxygen atoms in total. The lowest BCUT2D eigenvalue weighted by Gasteiger charge is -1.88. The molecule has 0 spiro atoms. The minimum Gasteiger partial charge on any atom is -0.200 e. The third kappa shape index (κ3) is 0.786. The molecule has 0 aliphatic rings. The Labute approximate surface area is 65.0 Å². The van der Waals surface area contributed by atoms with Gasteiger partial charge in [-0.1, -0.05) is 0 Å². The maximum absolute atomic E-state index is 3.74. The Balaban J connectivity index is 2.86. The van der Waals surface area contributed by atoms with Crippen LogP contribution in [0, 0.1) is 0 Å². The summed E-state index contributed by atoms with van der Waals surface area (Å²) in [4.78, 5) is 0. The summed E-state index contributed by atoms with van der Waals surface area (Å²) in [6.07, 6.45) is 1.80. The monoisotopic (exact) mass is 198 g/mol. The van der Waals surface area contributed by atoms with Crippen molar-refractivity contribution in [3.8, 4) is 0 Å². The molecule has 2 aromatic rings. The van der Waals surface area contributed by atoms with E-state index in [2.05, 4.69) is 31.5 Å². The van der Waals surface area contributed by atoms with Gasteiger partial charge in [0.15, 0.2) is 5.65 Å². The first-order valence-corrected chi connectivity index (χ1v) is 3.49. The molecule has 2 rings (SSSR count). The number of fused-ring (bicyclic) bond motifs is 1. The zero-order valence-electron chi connectivity index (χ0n) is 4.90. The number of aromatic nitrogens is 4. The van der Waals surface area contributed by atoms with E-state index in [0.29, 0.717) is 0 Å². The van der Waals surface area contributed by atoms with Gasteiger partial charge in [0, 0.05) is 10.7 Å². The van der Waals surface area contributed by atoms with Gasteiger partial charge in [-0.3, -0.25) is 0 Å². The molecule has 10 heavy (non-hydrogen) atoms. The average Bonchev–Trinajstić information content (AvgIpc) is 2.33. The molecular weight excluding hydrogens is 196 g/mol. The van der Waals surface area contributed by atoms with Gasteiger partial charge in [-0.2, -0.15) is 4.52 Å². The molecule has 0 unspecified atom stereocenters.